The second-order valence-electron chi connectivity index (χ2n) is 5.46. The van der Waals surface area contributed by atoms with Crippen molar-refractivity contribution in [2.24, 2.45) is 11.3 Å². The molecule has 0 saturated heterocycles. The molecule has 0 radical (unpaired) electrons. The van der Waals surface area contributed by atoms with Crippen molar-refractivity contribution in [3.8, 4) is 0 Å². The normalized spacial score (nSPS) is 13.8. The van der Waals surface area contributed by atoms with Gasteiger partial charge < -0.3 is 0 Å². The minimum Gasteiger partial charge on any atom is -0.228 e. The summed E-state index contributed by atoms with van der Waals surface area (Å²) in [6.45, 7) is 10.9. The van der Waals surface area contributed by atoms with Gasteiger partial charge in [0.15, 0.2) is 5.16 Å². The van der Waals surface area contributed by atoms with Crippen molar-refractivity contribution in [2.45, 2.75) is 39.8 Å². The zero-order valence-electron chi connectivity index (χ0n) is 11.2. The van der Waals surface area contributed by atoms with Gasteiger partial charge in [-0.3, -0.25) is 0 Å². The van der Waals surface area contributed by atoms with Crippen molar-refractivity contribution in [1.29, 1.82) is 0 Å². The lowest BCUT2D eigenvalue weighted by Crippen LogP contribution is -2.24. The first-order valence-electron chi connectivity index (χ1n) is 5.84. The molecule has 1 heterocycles. The van der Waals surface area contributed by atoms with E-state index in [2.05, 4.69) is 46.7 Å². The molecule has 1 atom stereocenters. The highest BCUT2D eigenvalue weighted by Gasteiger charge is 2.23. The van der Waals surface area contributed by atoms with Crippen LogP contribution in [0.15, 0.2) is 11.2 Å². The highest BCUT2D eigenvalue weighted by molar-refractivity contribution is 9.09. The van der Waals surface area contributed by atoms with Crippen molar-refractivity contribution >= 4 is 27.7 Å². The molecule has 1 unspecified atom stereocenters. The van der Waals surface area contributed by atoms with Crippen LogP contribution in [-0.2, 0) is 0 Å². The highest BCUT2D eigenvalue weighted by Crippen LogP contribution is 2.32. The third-order valence-electron chi connectivity index (χ3n) is 2.79. The van der Waals surface area contributed by atoms with Crippen molar-refractivity contribution in [3.05, 3.63) is 17.5 Å². The summed E-state index contributed by atoms with van der Waals surface area (Å²) in [7, 11) is 0. The maximum Gasteiger partial charge on any atom is 0.187 e. The zero-order chi connectivity index (χ0) is 13.1. The van der Waals surface area contributed by atoms with E-state index in [-0.39, 0.29) is 0 Å². The third kappa shape index (κ3) is 4.96. The molecule has 0 aliphatic carbocycles. The lowest BCUT2D eigenvalue weighted by Gasteiger charge is -2.28. The Balaban J connectivity index is 2.66. The summed E-state index contributed by atoms with van der Waals surface area (Å²) < 4.78 is 0. The molecule has 0 N–H and O–H groups in total. The van der Waals surface area contributed by atoms with E-state index in [0.717, 1.165) is 27.6 Å². The predicted molar refractivity (Wildman–Crippen MR) is 79.0 cm³/mol. The van der Waals surface area contributed by atoms with E-state index in [1.165, 1.54) is 0 Å². The Morgan fingerprint density at radius 3 is 2.18 bits per heavy atom. The first kappa shape index (κ1) is 15.0. The maximum absolute atomic E-state index is 4.46. The quantitative estimate of drug-likeness (QED) is 0.472. The standard InChI is InChI=1S/C13H21BrN2S/c1-9-6-10(2)16-12(15-9)17-8-11(7-14)13(3,4)5/h6,11H,7-8H2,1-5H3. The molecular formula is C13H21BrN2S. The number of rotatable bonds is 4. The van der Waals surface area contributed by atoms with Gasteiger partial charge in [0, 0.05) is 22.5 Å². The van der Waals surface area contributed by atoms with Gasteiger partial charge in [-0.05, 0) is 31.2 Å². The molecule has 0 aliphatic rings. The molecule has 96 valence electrons. The van der Waals surface area contributed by atoms with Crippen LogP contribution < -0.4 is 0 Å². The average molecular weight is 317 g/mol. The number of nitrogens with zero attached hydrogens (tertiary/aromatic N) is 2. The van der Waals surface area contributed by atoms with E-state index in [0.29, 0.717) is 11.3 Å². The van der Waals surface area contributed by atoms with Gasteiger partial charge >= 0.3 is 0 Å². The first-order valence-corrected chi connectivity index (χ1v) is 7.94. The first-order chi connectivity index (χ1) is 7.82. The topological polar surface area (TPSA) is 25.8 Å². The van der Waals surface area contributed by atoms with Gasteiger partial charge in [0.25, 0.3) is 0 Å². The Labute approximate surface area is 117 Å². The number of aromatic nitrogens is 2. The minimum atomic E-state index is 0.315. The maximum atomic E-state index is 4.46. The molecule has 0 bridgehead atoms. The van der Waals surface area contributed by atoms with Crippen molar-refractivity contribution in [1.82, 2.24) is 9.97 Å². The number of hydrogen-bond donors (Lipinski definition) is 0. The van der Waals surface area contributed by atoms with Gasteiger partial charge in [-0.25, -0.2) is 9.97 Å². The van der Waals surface area contributed by atoms with Crippen LogP contribution in [0.5, 0.6) is 0 Å². The Morgan fingerprint density at radius 1 is 1.24 bits per heavy atom. The monoisotopic (exact) mass is 316 g/mol. The molecule has 0 spiro atoms. The summed E-state index contributed by atoms with van der Waals surface area (Å²) in [4.78, 5) is 8.92. The summed E-state index contributed by atoms with van der Waals surface area (Å²) in [6.07, 6.45) is 0. The second-order valence-corrected chi connectivity index (χ2v) is 7.10. The number of aryl methyl sites for hydroxylation is 2. The van der Waals surface area contributed by atoms with E-state index in [1.807, 2.05) is 19.9 Å². The smallest absolute Gasteiger partial charge is 0.187 e. The Kier molecular flexibility index (Phi) is 5.45. The summed E-state index contributed by atoms with van der Waals surface area (Å²) in [5.41, 5.74) is 2.41. The van der Waals surface area contributed by atoms with E-state index >= 15 is 0 Å². The van der Waals surface area contributed by atoms with Crippen molar-refractivity contribution in [2.75, 3.05) is 11.1 Å². The Bertz CT molecular complexity index is 354. The molecule has 0 fully saturated rings. The van der Waals surface area contributed by atoms with E-state index in [9.17, 15) is 0 Å². The minimum absolute atomic E-state index is 0.315. The molecule has 0 aliphatic heterocycles. The van der Waals surface area contributed by atoms with Gasteiger partial charge in [0.05, 0.1) is 0 Å². The van der Waals surface area contributed by atoms with Gasteiger partial charge in [-0.1, -0.05) is 48.5 Å². The molecule has 0 saturated carbocycles. The lowest BCUT2D eigenvalue weighted by molar-refractivity contribution is 0.295. The fourth-order valence-corrected chi connectivity index (χ4v) is 4.35. The number of hydrogen-bond acceptors (Lipinski definition) is 3. The lowest BCUT2D eigenvalue weighted by atomic mass is 9.83. The molecule has 17 heavy (non-hydrogen) atoms. The second kappa shape index (κ2) is 6.19. The molecule has 0 aromatic carbocycles. The van der Waals surface area contributed by atoms with Gasteiger partial charge in [-0.2, -0.15) is 0 Å². The summed E-state index contributed by atoms with van der Waals surface area (Å²) >= 11 is 5.36. The fourth-order valence-electron chi connectivity index (χ4n) is 1.46. The van der Waals surface area contributed by atoms with Gasteiger partial charge in [-0.15, -0.1) is 0 Å². The highest BCUT2D eigenvalue weighted by atomic mass is 79.9. The predicted octanol–water partition coefficient (Wildman–Crippen LogP) is 4.24. The molecule has 1 aromatic heterocycles. The van der Waals surface area contributed by atoms with Crippen LogP contribution in [0.25, 0.3) is 0 Å². The SMILES string of the molecule is Cc1cc(C)nc(SCC(CBr)C(C)(C)C)n1. The summed E-state index contributed by atoms with van der Waals surface area (Å²) in [5.74, 6) is 1.68. The molecule has 1 rings (SSSR count). The molecule has 4 heteroatoms. The molecular weight excluding hydrogens is 296 g/mol. The Morgan fingerprint density at radius 2 is 1.76 bits per heavy atom. The number of alkyl halides is 1. The van der Waals surface area contributed by atoms with Crippen molar-refractivity contribution < 1.29 is 0 Å². The van der Waals surface area contributed by atoms with Crippen LogP contribution in [0.2, 0.25) is 0 Å². The van der Waals surface area contributed by atoms with Gasteiger partial charge in [0.2, 0.25) is 0 Å². The summed E-state index contributed by atoms with van der Waals surface area (Å²) in [6, 6.07) is 2.01. The van der Waals surface area contributed by atoms with Crippen LogP contribution >= 0.6 is 27.7 Å². The molecule has 2 nitrogen and oxygen atoms in total. The van der Waals surface area contributed by atoms with E-state index < -0.39 is 0 Å². The Hall–Kier alpha value is -0.0900. The molecule has 1 aromatic rings. The number of thioether (sulfide) groups is 1. The number of halogens is 1. The van der Waals surface area contributed by atoms with Crippen LogP contribution in [-0.4, -0.2) is 21.1 Å². The zero-order valence-corrected chi connectivity index (χ0v) is 13.7. The van der Waals surface area contributed by atoms with Crippen molar-refractivity contribution in [3.63, 3.8) is 0 Å². The fraction of sp³-hybridized carbons (Fsp3) is 0.692. The van der Waals surface area contributed by atoms with Gasteiger partial charge in [0.1, 0.15) is 0 Å². The van der Waals surface area contributed by atoms with Crippen LogP contribution in [0, 0.1) is 25.2 Å². The van der Waals surface area contributed by atoms with Crippen LogP contribution in [0.4, 0.5) is 0 Å². The van der Waals surface area contributed by atoms with E-state index in [1.54, 1.807) is 11.8 Å². The third-order valence-corrected chi connectivity index (χ3v) is 4.58. The summed E-state index contributed by atoms with van der Waals surface area (Å²) in [5, 5.41) is 1.92. The van der Waals surface area contributed by atoms with Crippen LogP contribution in [0.3, 0.4) is 0 Å². The van der Waals surface area contributed by atoms with Crippen LogP contribution in [0.1, 0.15) is 32.2 Å². The average Bonchev–Trinajstić information content (AvgIpc) is 2.14. The van der Waals surface area contributed by atoms with E-state index in [4.69, 9.17) is 0 Å². The molecule has 0 amide bonds. The largest absolute Gasteiger partial charge is 0.228 e.